The van der Waals surface area contributed by atoms with Gasteiger partial charge in [0.25, 0.3) is 0 Å². The molecule has 2 saturated carbocycles. The Morgan fingerprint density at radius 2 is 1.76 bits per heavy atom. The summed E-state index contributed by atoms with van der Waals surface area (Å²) in [7, 11) is 0. The molecule has 2 aliphatic carbocycles. The van der Waals surface area contributed by atoms with E-state index < -0.39 is 23.8 Å². The number of rotatable bonds is 5. The van der Waals surface area contributed by atoms with E-state index in [2.05, 4.69) is 0 Å². The van der Waals surface area contributed by atoms with Gasteiger partial charge in [0.05, 0.1) is 11.8 Å². The molecule has 112 valence electrons. The molecule has 1 aromatic rings. The standard InChI is InChI=1S/C16H18O4S/c1-8-2-4-10(5-3-8)21-7-9-6-11-13(12(9)15(17)18)14(11)16(19)20/h2-5,9,11-14H,6-7H2,1H3,(H,17,18)(H,19,20)/t9-,11?,12+,13+,14-/m0/s1. The lowest BCUT2D eigenvalue weighted by Gasteiger charge is -2.19. The average molecular weight is 306 g/mol. The highest BCUT2D eigenvalue weighted by atomic mass is 32.2. The van der Waals surface area contributed by atoms with Gasteiger partial charge in [0.15, 0.2) is 0 Å². The summed E-state index contributed by atoms with van der Waals surface area (Å²) >= 11 is 1.67. The molecule has 0 amide bonds. The molecule has 2 N–H and O–H groups in total. The van der Waals surface area contributed by atoms with E-state index in [1.807, 2.05) is 31.2 Å². The Balaban J connectivity index is 1.63. The van der Waals surface area contributed by atoms with Crippen LogP contribution in [-0.2, 0) is 9.59 Å². The molecular weight excluding hydrogens is 288 g/mol. The largest absolute Gasteiger partial charge is 0.481 e. The summed E-state index contributed by atoms with van der Waals surface area (Å²) in [5, 5.41) is 18.5. The van der Waals surface area contributed by atoms with E-state index in [-0.39, 0.29) is 17.8 Å². The lowest BCUT2D eigenvalue weighted by atomic mass is 9.90. The first-order valence-corrected chi connectivity index (χ1v) is 8.12. The van der Waals surface area contributed by atoms with Gasteiger partial charge in [-0.25, -0.2) is 0 Å². The monoisotopic (exact) mass is 306 g/mol. The Morgan fingerprint density at radius 1 is 1.14 bits per heavy atom. The van der Waals surface area contributed by atoms with Crippen LogP contribution in [0.15, 0.2) is 29.2 Å². The van der Waals surface area contributed by atoms with Gasteiger partial charge in [-0.1, -0.05) is 17.7 Å². The number of aryl methyl sites for hydroxylation is 1. The number of carbonyl (C=O) groups is 2. The molecule has 2 fully saturated rings. The first-order valence-electron chi connectivity index (χ1n) is 7.14. The summed E-state index contributed by atoms with van der Waals surface area (Å²) in [6.45, 7) is 2.03. The van der Waals surface area contributed by atoms with Crippen LogP contribution in [0.1, 0.15) is 12.0 Å². The van der Waals surface area contributed by atoms with Crippen molar-refractivity contribution in [2.24, 2.45) is 29.6 Å². The van der Waals surface area contributed by atoms with Gasteiger partial charge >= 0.3 is 11.9 Å². The molecule has 0 radical (unpaired) electrons. The summed E-state index contributed by atoms with van der Waals surface area (Å²) in [6, 6.07) is 8.18. The highest BCUT2D eigenvalue weighted by molar-refractivity contribution is 7.99. The van der Waals surface area contributed by atoms with Crippen molar-refractivity contribution >= 4 is 23.7 Å². The SMILES string of the molecule is Cc1ccc(SC[C@@H]2CC3[C@H]([C@@H]2C(=O)O)[C@H]3C(=O)O)cc1. The van der Waals surface area contributed by atoms with Gasteiger partial charge in [-0.2, -0.15) is 0 Å². The summed E-state index contributed by atoms with van der Waals surface area (Å²) < 4.78 is 0. The fraction of sp³-hybridized carbons (Fsp3) is 0.500. The van der Waals surface area contributed by atoms with Crippen LogP contribution >= 0.6 is 11.8 Å². The second kappa shape index (κ2) is 5.37. The van der Waals surface area contributed by atoms with Crippen LogP contribution in [0.4, 0.5) is 0 Å². The lowest BCUT2D eigenvalue weighted by Crippen LogP contribution is -2.26. The molecule has 1 aromatic carbocycles. The zero-order chi connectivity index (χ0) is 15.1. The minimum absolute atomic E-state index is 0.0761. The van der Waals surface area contributed by atoms with Gasteiger partial charge in [0.1, 0.15) is 0 Å². The number of carboxylic acids is 2. The molecular formula is C16H18O4S. The van der Waals surface area contributed by atoms with E-state index in [0.717, 1.165) is 17.1 Å². The minimum Gasteiger partial charge on any atom is -0.481 e. The van der Waals surface area contributed by atoms with Crippen molar-refractivity contribution < 1.29 is 19.8 Å². The molecule has 0 bridgehead atoms. The van der Waals surface area contributed by atoms with Crippen LogP contribution in [0.25, 0.3) is 0 Å². The highest BCUT2D eigenvalue weighted by Gasteiger charge is 2.66. The van der Waals surface area contributed by atoms with E-state index in [9.17, 15) is 14.7 Å². The molecule has 0 saturated heterocycles. The van der Waals surface area contributed by atoms with Crippen LogP contribution in [0, 0.1) is 36.5 Å². The van der Waals surface area contributed by atoms with Crippen molar-refractivity contribution in [2.45, 2.75) is 18.2 Å². The van der Waals surface area contributed by atoms with Crippen molar-refractivity contribution in [1.29, 1.82) is 0 Å². The topological polar surface area (TPSA) is 74.6 Å². The first-order chi connectivity index (χ1) is 9.99. The molecule has 0 aromatic heterocycles. The molecule has 21 heavy (non-hydrogen) atoms. The van der Waals surface area contributed by atoms with Crippen LogP contribution in [0.2, 0.25) is 0 Å². The van der Waals surface area contributed by atoms with Crippen LogP contribution in [0.5, 0.6) is 0 Å². The van der Waals surface area contributed by atoms with Gasteiger partial charge in [-0.3, -0.25) is 9.59 Å². The third-order valence-corrected chi connectivity index (χ3v) is 5.98. The number of hydrogen-bond acceptors (Lipinski definition) is 3. The normalized spacial score (nSPS) is 33.5. The Kier molecular flexibility index (Phi) is 3.69. The number of thioether (sulfide) groups is 1. The fourth-order valence-electron chi connectivity index (χ4n) is 3.73. The molecule has 0 aliphatic heterocycles. The van der Waals surface area contributed by atoms with Crippen molar-refractivity contribution in [1.82, 2.24) is 0 Å². The Labute approximate surface area is 127 Å². The Bertz CT molecular complexity index is 568. The molecule has 1 unspecified atom stereocenters. The predicted molar refractivity (Wildman–Crippen MR) is 79.2 cm³/mol. The van der Waals surface area contributed by atoms with Crippen molar-refractivity contribution in [3.63, 3.8) is 0 Å². The molecule has 5 heteroatoms. The zero-order valence-corrected chi connectivity index (χ0v) is 12.5. The Morgan fingerprint density at radius 3 is 2.33 bits per heavy atom. The van der Waals surface area contributed by atoms with Gasteiger partial charge in [0.2, 0.25) is 0 Å². The molecule has 0 heterocycles. The van der Waals surface area contributed by atoms with E-state index in [4.69, 9.17) is 5.11 Å². The number of hydrogen-bond donors (Lipinski definition) is 2. The minimum atomic E-state index is -0.833. The maximum absolute atomic E-state index is 11.5. The van der Waals surface area contributed by atoms with Crippen LogP contribution in [-0.4, -0.2) is 27.9 Å². The Hall–Kier alpha value is -1.49. The fourth-order valence-corrected chi connectivity index (χ4v) is 4.81. The summed E-state index contributed by atoms with van der Waals surface area (Å²) in [4.78, 5) is 23.7. The summed E-state index contributed by atoms with van der Waals surface area (Å²) in [5.74, 6) is -1.82. The first kappa shape index (κ1) is 14.4. The number of fused-ring (bicyclic) bond motifs is 1. The van der Waals surface area contributed by atoms with Crippen LogP contribution in [0.3, 0.4) is 0 Å². The van der Waals surface area contributed by atoms with Gasteiger partial charge in [-0.15, -0.1) is 11.8 Å². The molecule has 5 atom stereocenters. The van der Waals surface area contributed by atoms with Crippen molar-refractivity contribution in [2.75, 3.05) is 5.75 Å². The highest BCUT2D eigenvalue weighted by Crippen LogP contribution is 2.63. The summed E-state index contributed by atoms with van der Waals surface area (Å²) in [6.07, 6.45) is 0.734. The summed E-state index contributed by atoms with van der Waals surface area (Å²) in [5.41, 5.74) is 1.20. The molecule has 2 aliphatic rings. The quantitative estimate of drug-likeness (QED) is 0.818. The predicted octanol–water partition coefficient (Wildman–Crippen LogP) is 2.75. The van der Waals surface area contributed by atoms with E-state index >= 15 is 0 Å². The molecule has 4 nitrogen and oxygen atoms in total. The van der Waals surface area contributed by atoms with Gasteiger partial charge in [0, 0.05) is 10.6 Å². The second-order valence-corrected chi connectivity index (χ2v) is 7.18. The van der Waals surface area contributed by atoms with Gasteiger partial charge < -0.3 is 10.2 Å². The number of aliphatic carboxylic acids is 2. The number of benzene rings is 1. The molecule has 3 rings (SSSR count). The van der Waals surface area contributed by atoms with Gasteiger partial charge in [-0.05, 0) is 43.2 Å². The zero-order valence-electron chi connectivity index (χ0n) is 11.7. The smallest absolute Gasteiger partial charge is 0.307 e. The maximum Gasteiger partial charge on any atom is 0.307 e. The molecule has 0 spiro atoms. The second-order valence-electron chi connectivity index (χ2n) is 6.09. The van der Waals surface area contributed by atoms with E-state index in [0.29, 0.717) is 0 Å². The van der Waals surface area contributed by atoms with Crippen molar-refractivity contribution in [3.05, 3.63) is 29.8 Å². The van der Waals surface area contributed by atoms with Crippen LogP contribution < -0.4 is 0 Å². The van der Waals surface area contributed by atoms with Crippen molar-refractivity contribution in [3.8, 4) is 0 Å². The maximum atomic E-state index is 11.5. The van der Waals surface area contributed by atoms with E-state index in [1.165, 1.54) is 5.56 Å². The lowest BCUT2D eigenvalue weighted by molar-refractivity contribution is -0.145. The third kappa shape index (κ3) is 2.67. The number of carboxylic acid groups (broad SMARTS) is 2. The third-order valence-electron chi connectivity index (χ3n) is 4.78. The average Bonchev–Trinajstić information content (AvgIpc) is 3.00. The van der Waals surface area contributed by atoms with E-state index in [1.54, 1.807) is 11.8 Å².